The summed E-state index contributed by atoms with van der Waals surface area (Å²) in [5.74, 6) is -1.49. The standard InChI is InChI=1S/C30H31F3IN5O6S/c1-36(28(40)18-7-9-19(10-8-18)45-30(32)33)27-21(26-22(31)15-20(44-2)16-23(26)34)17-39(29(27)41)25-6-4-5-24(35-25)37-11-13-38(14-12-37)46(3,42)43/h4-10,15-16,21,27,30H,11-14,17H2,1-3H3/t21-,27-/m0/s1. The third-order valence-electron chi connectivity index (χ3n) is 8.03. The lowest BCUT2D eigenvalue weighted by Crippen LogP contribution is -2.48. The van der Waals surface area contributed by atoms with Crippen molar-refractivity contribution in [2.24, 2.45) is 0 Å². The van der Waals surface area contributed by atoms with Crippen molar-refractivity contribution in [2.75, 3.05) is 62.9 Å². The molecule has 0 spiro atoms. The molecule has 16 heteroatoms. The van der Waals surface area contributed by atoms with Gasteiger partial charge in [0.05, 0.1) is 13.4 Å². The molecular formula is C30H31F3IN5O6S. The van der Waals surface area contributed by atoms with E-state index >= 15 is 4.39 Å². The average molecular weight is 774 g/mol. The number of rotatable bonds is 9. The monoisotopic (exact) mass is 773 g/mol. The molecule has 3 aromatic rings. The fourth-order valence-electron chi connectivity index (χ4n) is 5.74. The minimum absolute atomic E-state index is 0.000153. The van der Waals surface area contributed by atoms with Gasteiger partial charge >= 0.3 is 6.61 Å². The smallest absolute Gasteiger partial charge is 0.387 e. The molecule has 2 atom stereocenters. The summed E-state index contributed by atoms with van der Waals surface area (Å²) in [6.07, 6.45) is 1.17. The number of aromatic nitrogens is 1. The van der Waals surface area contributed by atoms with Gasteiger partial charge in [-0.05, 0) is 65.1 Å². The molecule has 2 aliphatic rings. The van der Waals surface area contributed by atoms with Gasteiger partial charge in [-0.15, -0.1) is 0 Å². The molecule has 2 saturated heterocycles. The van der Waals surface area contributed by atoms with Crippen molar-refractivity contribution in [3.63, 3.8) is 0 Å². The first-order valence-electron chi connectivity index (χ1n) is 14.1. The van der Waals surface area contributed by atoms with Crippen LogP contribution in [0.4, 0.5) is 24.8 Å². The second kappa shape index (κ2) is 13.6. The van der Waals surface area contributed by atoms with E-state index in [1.54, 1.807) is 24.3 Å². The van der Waals surface area contributed by atoms with Crippen molar-refractivity contribution in [1.82, 2.24) is 14.2 Å². The molecule has 2 aromatic carbocycles. The van der Waals surface area contributed by atoms with Crippen LogP contribution >= 0.6 is 22.6 Å². The first-order valence-corrected chi connectivity index (χ1v) is 17.0. The van der Waals surface area contributed by atoms with Crippen LogP contribution < -0.4 is 19.3 Å². The molecule has 46 heavy (non-hydrogen) atoms. The predicted molar refractivity (Wildman–Crippen MR) is 173 cm³/mol. The Morgan fingerprint density at radius 3 is 2.28 bits per heavy atom. The first kappa shape index (κ1) is 33.7. The number of carbonyl (C=O) groups is 2. The van der Waals surface area contributed by atoms with Gasteiger partial charge in [0.1, 0.15) is 35.0 Å². The summed E-state index contributed by atoms with van der Waals surface area (Å²) in [6, 6.07) is 11.9. The van der Waals surface area contributed by atoms with Crippen LogP contribution in [-0.2, 0) is 14.8 Å². The van der Waals surface area contributed by atoms with Gasteiger partial charge in [-0.2, -0.15) is 13.1 Å². The summed E-state index contributed by atoms with van der Waals surface area (Å²) < 4.78 is 76.3. The summed E-state index contributed by atoms with van der Waals surface area (Å²) in [6.45, 7) is -1.66. The molecule has 0 aliphatic carbocycles. The van der Waals surface area contributed by atoms with Crippen LogP contribution in [0.2, 0.25) is 0 Å². The van der Waals surface area contributed by atoms with Gasteiger partial charge in [-0.1, -0.05) is 6.07 Å². The maximum absolute atomic E-state index is 15.7. The molecule has 2 fully saturated rings. The van der Waals surface area contributed by atoms with E-state index < -0.39 is 46.2 Å². The van der Waals surface area contributed by atoms with Crippen LogP contribution in [0.1, 0.15) is 21.8 Å². The molecule has 11 nitrogen and oxygen atoms in total. The number of methoxy groups -OCH3 is 1. The zero-order valence-corrected chi connectivity index (χ0v) is 28.0. The van der Waals surface area contributed by atoms with Crippen molar-refractivity contribution in [1.29, 1.82) is 0 Å². The Balaban J connectivity index is 1.47. The Labute approximate surface area is 278 Å². The Morgan fingerprint density at radius 1 is 1.04 bits per heavy atom. The number of nitrogens with zero attached hydrogens (tertiary/aromatic N) is 5. The Bertz CT molecular complexity index is 1700. The number of pyridine rings is 1. The maximum atomic E-state index is 15.7. The average Bonchev–Trinajstić information content (AvgIpc) is 3.35. The van der Waals surface area contributed by atoms with Gasteiger partial charge in [0.2, 0.25) is 10.0 Å². The number of anilines is 2. The molecule has 2 amide bonds. The number of hydrogen-bond donors (Lipinski definition) is 0. The highest BCUT2D eigenvalue weighted by Gasteiger charge is 2.48. The zero-order valence-electron chi connectivity index (χ0n) is 25.1. The van der Waals surface area contributed by atoms with Gasteiger partial charge in [0.15, 0.2) is 0 Å². The van der Waals surface area contributed by atoms with E-state index in [2.05, 4.69) is 4.74 Å². The fourth-order valence-corrected chi connectivity index (χ4v) is 7.53. The van der Waals surface area contributed by atoms with Crippen LogP contribution in [0, 0.1) is 9.39 Å². The van der Waals surface area contributed by atoms with Crippen LogP contribution in [-0.4, -0.2) is 100 Å². The minimum Gasteiger partial charge on any atom is -0.497 e. The normalized spacial score (nSPS) is 19.1. The second-order valence-corrected chi connectivity index (χ2v) is 14.0. The van der Waals surface area contributed by atoms with Gasteiger partial charge in [-0.3, -0.25) is 14.5 Å². The summed E-state index contributed by atoms with van der Waals surface area (Å²) in [4.78, 5) is 37.1. The van der Waals surface area contributed by atoms with Crippen LogP contribution in [0.25, 0.3) is 0 Å². The number of sulfonamides is 1. The van der Waals surface area contributed by atoms with Crippen molar-refractivity contribution in [3.8, 4) is 11.5 Å². The Kier molecular flexibility index (Phi) is 9.97. The summed E-state index contributed by atoms with van der Waals surface area (Å²) >= 11 is 1.97. The lowest BCUT2D eigenvalue weighted by molar-refractivity contribution is -0.120. The third-order valence-corrected chi connectivity index (χ3v) is 10.2. The van der Waals surface area contributed by atoms with Crippen molar-refractivity contribution in [2.45, 2.75) is 18.6 Å². The number of amides is 2. The van der Waals surface area contributed by atoms with E-state index in [-0.39, 0.29) is 36.5 Å². The second-order valence-electron chi connectivity index (χ2n) is 10.8. The van der Waals surface area contributed by atoms with Crippen molar-refractivity contribution >= 4 is 56.1 Å². The number of likely N-dealkylation sites (N-methyl/N-ethyl adjacent to an activating group) is 1. The number of carbonyl (C=O) groups excluding carboxylic acids is 2. The molecule has 2 aliphatic heterocycles. The van der Waals surface area contributed by atoms with Crippen LogP contribution in [0.15, 0.2) is 54.6 Å². The Hall–Kier alpha value is -3.64. The van der Waals surface area contributed by atoms with Crippen LogP contribution in [0.3, 0.4) is 0 Å². The van der Waals surface area contributed by atoms with Crippen molar-refractivity contribution in [3.05, 3.63) is 75.1 Å². The number of hydrogen-bond acceptors (Lipinski definition) is 8. The SMILES string of the molecule is COc1cc(F)c([C@@H]2CN(c3cccc(N4CCN(S(C)(=O)=O)CC4)n3)C(=O)[C@H]2N(C)C(=O)c2ccc(OC(F)F)cc2)c(I)c1. The third kappa shape index (κ3) is 7.02. The number of ether oxygens (including phenoxy) is 2. The van der Waals surface area contributed by atoms with Crippen LogP contribution in [0.5, 0.6) is 11.5 Å². The first-order chi connectivity index (χ1) is 21.8. The number of halogens is 4. The molecule has 3 heterocycles. The Morgan fingerprint density at radius 2 is 1.70 bits per heavy atom. The number of benzene rings is 2. The quantitative estimate of drug-likeness (QED) is 0.303. The molecule has 0 saturated carbocycles. The van der Waals surface area contributed by atoms with E-state index in [1.165, 1.54) is 64.9 Å². The summed E-state index contributed by atoms with van der Waals surface area (Å²) in [7, 11) is -0.477. The molecule has 0 radical (unpaired) electrons. The molecular weight excluding hydrogens is 742 g/mol. The van der Waals surface area contributed by atoms with Gasteiger partial charge in [0, 0.05) is 66.5 Å². The van der Waals surface area contributed by atoms with Crippen molar-refractivity contribution < 1.29 is 40.7 Å². The van der Waals surface area contributed by atoms with Gasteiger partial charge < -0.3 is 19.3 Å². The predicted octanol–water partition coefficient (Wildman–Crippen LogP) is 3.79. The van der Waals surface area contributed by atoms with Gasteiger partial charge in [0.25, 0.3) is 11.8 Å². The fraction of sp³-hybridized carbons (Fsp3) is 0.367. The van der Waals surface area contributed by atoms with E-state index in [1.807, 2.05) is 27.5 Å². The molecule has 1 aromatic heterocycles. The minimum atomic E-state index is -3.33. The lowest BCUT2D eigenvalue weighted by atomic mass is 9.92. The molecule has 246 valence electrons. The molecule has 0 N–H and O–H groups in total. The van der Waals surface area contributed by atoms with Gasteiger partial charge in [-0.25, -0.2) is 17.8 Å². The highest BCUT2D eigenvalue weighted by Crippen LogP contribution is 2.39. The highest BCUT2D eigenvalue weighted by molar-refractivity contribution is 14.1. The summed E-state index contributed by atoms with van der Waals surface area (Å²) in [5, 5.41) is 0. The highest BCUT2D eigenvalue weighted by atomic mass is 127. The molecule has 5 rings (SSSR count). The zero-order chi connectivity index (χ0) is 33.3. The molecule has 0 bridgehead atoms. The number of alkyl halides is 2. The lowest BCUT2D eigenvalue weighted by Gasteiger charge is -2.34. The number of piperazine rings is 1. The topological polar surface area (TPSA) is 113 Å². The van der Waals surface area contributed by atoms with E-state index in [4.69, 9.17) is 9.72 Å². The van der Waals surface area contributed by atoms with E-state index in [0.717, 1.165) is 0 Å². The summed E-state index contributed by atoms with van der Waals surface area (Å²) in [5.41, 5.74) is 0.350. The van der Waals surface area contributed by atoms with E-state index in [9.17, 15) is 26.8 Å². The largest absolute Gasteiger partial charge is 0.497 e. The van der Waals surface area contributed by atoms with E-state index in [0.29, 0.717) is 34.0 Å². The molecule has 0 unspecified atom stereocenters. The maximum Gasteiger partial charge on any atom is 0.387 e.